The van der Waals surface area contributed by atoms with Crippen LogP contribution in [0.5, 0.6) is 0 Å². The number of pyridine rings is 1. The lowest BCUT2D eigenvalue weighted by Gasteiger charge is -2.03. The standard InChI is InChI=1S/C16H7Cl2NO2/c17-9-2-1-8-5-12-15(20)11-4-3-10(18)7-14(11)21-16(12)19-13(8)6-9/h1-7H. The Bertz CT molecular complexity index is 1080. The Morgan fingerprint density at radius 1 is 0.905 bits per heavy atom. The summed E-state index contributed by atoms with van der Waals surface area (Å²) in [5.74, 6) is 0. The van der Waals surface area contributed by atoms with E-state index in [2.05, 4.69) is 4.98 Å². The molecule has 102 valence electrons. The molecule has 0 spiro atoms. The number of benzene rings is 2. The van der Waals surface area contributed by atoms with Crippen molar-refractivity contribution < 1.29 is 4.42 Å². The van der Waals surface area contributed by atoms with Crippen LogP contribution in [0.2, 0.25) is 10.0 Å². The summed E-state index contributed by atoms with van der Waals surface area (Å²) in [5, 5.41) is 2.86. The van der Waals surface area contributed by atoms with E-state index in [-0.39, 0.29) is 11.1 Å². The molecule has 0 aliphatic heterocycles. The van der Waals surface area contributed by atoms with E-state index >= 15 is 0 Å². The van der Waals surface area contributed by atoms with Crippen LogP contribution < -0.4 is 5.43 Å². The molecule has 0 aliphatic rings. The normalized spacial score (nSPS) is 11.5. The molecular weight excluding hydrogens is 309 g/mol. The highest BCUT2D eigenvalue weighted by Gasteiger charge is 2.10. The molecule has 0 saturated carbocycles. The number of aromatic nitrogens is 1. The van der Waals surface area contributed by atoms with Crippen LogP contribution in [0.4, 0.5) is 0 Å². The maximum absolute atomic E-state index is 12.5. The lowest BCUT2D eigenvalue weighted by Crippen LogP contribution is -2.03. The van der Waals surface area contributed by atoms with Crippen LogP contribution in [0, 0.1) is 0 Å². The Morgan fingerprint density at radius 3 is 2.52 bits per heavy atom. The van der Waals surface area contributed by atoms with Gasteiger partial charge in [0.1, 0.15) is 5.58 Å². The zero-order valence-corrected chi connectivity index (χ0v) is 12.1. The maximum atomic E-state index is 12.5. The summed E-state index contributed by atoms with van der Waals surface area (Å²) in [5.41, 5.74) is 1.27. The van der Waals surface area contributed by atoms with E-state index in [0.717, 1.165) is 5.39 Å². The minimum Gasteiger partial charge on any atom is -0.437 e. The van der Waals surface area contributed by atoms with Gasteiger partial charge in [-0.15, -0.1) is 0 Å². The lowest BCUT2D eigenvalue weighted by atomic mass is 10.1. The Kier molecular flexibility index (Phi) is 2.67. The lowest BCUT2D eigenvalue weighted by molar-refractivity contribution is 0.647. The molecule has 4 aromatic rings. The third kappa shape index (κ3) is 1.97. The predicted molar refractivity (Wildman–Crippen MR) is 85.3 cm³/mol. The largest absolute Gasteiger partial charge is 0.437 e. The van der Waals surface area contributed by atoms with Gasteiger partial charge in [0.05, 0.1) is 16.3 Å². The maximum Gasteiger partial charge on any atom is 0.231 e. The fraction of sp³-hybridized carbons (Fsp3) is 0. The van der Waals surface area contributed by atoms with E-state index in [0.29, 0.717) is 31.9 Å². The van der Waals surface area contributed by atoms with Crippen molar-refractivity contribution in [2.75, 3.05) is 0 Å². The molecule has 0 saturated heterocycles. The van der Waals surface area contributed by atoms with Crippen LogP contribution in [-0.2, 0) is 0 Å². The Hall–Kier alpha value is -2.10. The predicted octanol–water partition coefficient (Wildman–Crippen LogP) is 4.80. The Labute approximate surface area is 128 Å². The second-order valence-corrected chi connectivity index (χ2v) is 5.62. The highest BCUT2D eigenvalue weighted by atomic mass is 35.5. The summed E-state index contributed by atoms with van der Waals surface area (Å²) in [7, 11) is 0. The summed E-state index contributed by atoms with van der Waals surface area (Å²) in [6, 6.07) is 12.0. The molecule has 0 aliphatic carbocycles. The van der Waals surface area contributed by atoms with Crippen molar-refractivity contribution in [3.8, 4) is 0 Å². The number of rotatable bonds is 0. The molecule has 21 heavy (non-hydrogen) atoms. The van der Waals surface area contributed by atoms with Gasteiger partial charge in [-0.2, -0.15) is 0 Å². The molecule has 4 rings (SSSR count). The van der Waals surface area contributed by atoms with Crippen molar-refractivity contribution in [1.29, 1.82) is 0 Å². The molecule has 0 radical (unpaired) electrons. The average Bonchev–Trinajstić information content (AvgIpc) is 2.45. The van der Waals surface area contributed by atoms with Crippen LogP contribution in [0.3, 0.4) is 0 Å². The van der Waals surface area contributed by atoms with Crippen molar-refractivity contribution in [2.45, 2.75) is 0 Å². The minimum absolute atomic E-state index is 0.118. The van der Waals surface area contributed by atoms with Gasteiger partial charge in [0.15, 0.2) is 0 Å². The van der Waals surface area contributed by atoms with Crippen molar-refractivity contribution in [3.63, 3.8) is 0 Å². The van der Waals surface area contributed by atoms with Crippen LogP contribution >= 0.6 is 23.2 Å². The van der Waals surface area contributed by atoms with Crippen LogP contribution in [-0.4, -0.2) is 4.98 Å². The quantitative estimate of drug-likeness (QED) is 0.438. The van der Waals surface area contributed by atoms with Gasteiger partial charge in [-0.3, -0.25) is 4.79 Å². The minimum atomic E-state index is -0.118. The van der Waals surface area contributed by atoms with E-state index in [4.69, 9.17) is 27.6 Å². The van der Waals surface area contributed by atoms with Gasteiger partial charge in [-0.1, -0.05) is 29.3 Å². The third-order valence-electron chi connectivity index (χ3n) is 3.38. The van der Waals surface area contributed by atoms with Gasteiger partial charge in [0.25, 0.3) is 0 Å². The highest BCUT2D eigenvalue weighted by Crippen LogP contribution is 2.24. The number of hydrogen-bond donors (Lipinski definition) is 0. The molecule has 0 atom stereocenters. The van der Waals surface area contributed by atoms with Gasteiger partial charge in [-0.25, -0.2) is 4.98 Å². The first-order valence-corrected chi connectivity index (χ1v) is 7.00. The number of hydrogen-bond acceptors (Lipinski definition) is 3. The van der Waals surface area contributed by atoms with Gasteiger partial charge in [0.2, 0.25) is 11.1 Å². The first-order chi connectivity index (χ1) is 10.1. The topological polar surface area (TPSA) is 43.1 Å². The van der Waals surface area contributed by atoms with Crippen LogP contribution in [0.15, 0.2) is 51.7 Å². The molecule has 0 amide bonds. The van der Waals surface area contributed by atoms with Gasteiger partial charge < -0.3 is 4.42 Å². The molecule has 2 heterocycles. The second kappa shape index (κ2) is 4.45. The summed E-state index contributed by atoms with van der Waals surface area (Å²) in [6.07, 6.45) is 0. The molecule has 2 aromatic carbocycles. The van der Waals surface area contributed by atoms with Crippen molar-refractivity contribution >= 4 is 56.2 Å². The molecule has 0 unspecified atom stereocenters. The molecule has 2 aromatic heterocycles. The Balaban J connectivity index is 2.22. The zero-order chi connectivity index (χ0) is 14.6. The molecular formula is C16H7Cl2NO2. The van der Waals surface area contributed by atoms with Crippen LogP contribution in [0.25, 0.3) is 33.0 Å². The van der Waals surface area contributed by atoms with Crippen molar-refractivity contribution in [2.24, 2.45) is 0 Å². The summed E-state index contributed by atoms with van der Waals surface area (Å²) in [4.78, 5) is 16.9. The Morgan fingerprint density at radius 2 is 1.67 bits per heavy atom. The van der Waals surface area contributed by atoms with Gasteiger partial charge in [0, 0.05) is 21.5 Å². The third-order valence-corrected chi connectivity index (χ3v) is 3.85. The summed E-state index contributed by atoms with van der Waals surface area (Å²) < 4.78 is 5.72. The second-order valence-electron chi connectivity index (χ2n) is 4.75. The summed E-state index contributed by atoms with van der Waals surface area (Å²) in [6.45, 7) is 0. The fourth-order valence-corrected chi connectivity index (χ4v) is 2.71. The molecule has 0 N–H and O–H groups in total. The molecule has 5 heteroatoms. The number of halogens is 2. The smallest absolute Gasteiger partial charge is 0.231 e. The highest BCUT2D eigenvalue weighted by molar-refractivity contribution is 6.31. The SMILES string of the molecule is O=c1c2ccc(Cl)cc2oc2nc3cc(Cl)ccc3cc12. The van der Waals surface area contributed by atoms with E-state index in [1.807, 2.05) is 6.07 Å². The fourth-order valence-electron chi connectivity index (χ4n) is 2.38. The van der Waals surface area contributed by atoms with Crippen LogP contribution in [0.1, 0.15) is 0 Å². The molecule has 3 nitrogen and oxygen atoms in total. The van der Waals surface area contributed by atoms with E-state index in [1.54, 1.807) is 36.4 Å². The van der Waals surface area contributed by atoms with Gasteiger partial charge in [-0.05, 0) is 30.3 Å². The average molecular weight is 316 g/mol. The number of nitrogens with zero attached hydrogens (tertiary/aromatic N) is 1. The van der Waals surface area contributed by atoms with Crippen molar-refractivity contribution in [3.05, 3.63) is 62.7 Å². The van der Waals surface area contributed by atoms with E-state index < -0.39 is 0 Å². The first-order valence-electron chi connectivity index (χ1n) is 6.24. The molecule has 0 bridgehead atoms. The van der Waals surface area contributed by atoms with E-state index in [1.165, 1.54) is 0 Å². The van der Waals surface area contributed by atoms with Crippen molar-refractivity contribution in [1.82, 2.24) is 4.98 Å². The van der Waals surface area contributed by atoms with E-state index in [9.17, 15) is 4.79 Å². The zero-order valence-electron chi connectivity index (χ0n) is 10.6. The summed E-state index contributed by atoms with van der Waals surface area (Å²) >= 11 is 11.9. The first kappa shape index (κ1) is 12.6. The molecule has 0 fully saturated rings. The van der Waals surface area contributed by atoms with Gasteiger partial charge >= 0.3 is 0 Å². The number of fused-ring (bicyclic) bond motifs is 3. The monoisotopic (exact) mass is 315 g/mol.